The molecular formula is C17H21Cl2FN2OS. The van der Waals surface area contributed by atoms with Gasteiger partial charge in [-0.25, -0.2) is 13.6 Å². The van der Waals surface area contributed by atoms with E-state index in [4.69, 9.17) is 23.2 Å². The average molecular weight is 391 g/mol. The maximum Gasteiger partial charge on any atom is 0.145 e. The van der Waals surface area contributed by atoms with Crippen LogP contribution in [0.3, 0.4) is 0 Å². The quantitative estimate of drug-likeness (QED) is 0.367. The van der Waals surface area contributed by atoms with E-state index in [1.807, 2.05) is 20.8 Å². The summed E-state index contributed by atoms with van der Waals surface area (Å²) in [5, 5.41) is 0.276. The van der Waals surface area contributed by atoms with Gasteiger partial charge in [-0.2, -0.15) is 4.40 Å². The van der Waals surface area contributed by atoms with E-state index in [0.717, 1.165) is 0 Å². The first kappa shape index (κ1) is 21.0. The normalized spacial score (nSPS) is 16.0. The summed E-state index contributed by atoms with van der Waals surface area (Å²) in [6, 6.07) is 3.41. The molecule has 132 valence electrons. The molecular weight excluding hydrogens is 370 g/mol. The van der Waals surface area contributed by atoms with Crippen LogP contribution in [-0.4, -0.2) is 19.7 Å². The van der Waals surface area contributed by atoms with Crippen molar-refractivity contribution in [2.75, 3.05) is 0 Å². The Kier molecular flexibility index (Phi) is 7.32. The van der Waals surface area contributed by atoms with E-state index in [-0.39, 0.29) is 10.2 Å². The highest BCUT2D eigenvalue weighted by molar-refractivity contribution is 7.85. The highest BCUT2D eigenvalue weighted by Crippen LogP contribution is 2.23. The standard InChI is InChI=1S/C17H21Cl2FN2OS/c1-10(7-14(18)11(2)20)15-8-13(9-16(19)21-15)12(3)22-24(23)17(4,5)6/h7-9H,1-6H3. The van der Waals surface area contributed by atoms with E-state index >= 15 is 0 Å². The van der Waals surface area contributed by atoms with Crippen molar-refractivity contribution in [2.24, 2.45) is 4.40 Å². The molecule has 3 nitrogen and oxygen atoms in total. The van der Waals surface area contributed by atoms with Crippen LogP contribution in [0, 0.1) is 0 Å². The molecule has 1 rings (SSSR count). The fraction of sp³-hybridized carbons (Fsp3) is 0.412. The molecule has 0 saturated carbocycles. The molecule has 0 fully saturated rings. The fourth-order valence-electron chi connectivity index (χ4n) is 1.59. The molecule has 1 aromatic heterocycles. The Labute approximate surface area is 155 Å². The van der Waals surface area contributed by atoms with Crippen LogP contribution in [0.4, 0.5) is 4.39 Å². The minimum atomic E-state index is -1.38. The molecule has 1 heterocycles. The molecule has 0 N–H and O–H groups in total. The van der Waals surface area contributed by atoms with Crippen molar-refractivity contribution in [3.63, 3.8) is 0 Å². The van der Waals surface area contributed by atoms with Gasteiger partial charge in [0, 0.05) is 5.56 Å². The van der Waals surface area contributed by atoms with Crippen LogP contribution in [0.5, 0.6) is 0 Å². The van der Waals surface area contributed by atoms with Crippen LogP contribution < -0.4 is 0 Å². The third-order valence-electron chi connectivity index (χ3n) is 3.03. The molecule has 0 aliphatic rings. The average Bonchev–Trinajstić information content (AvgIpc) is 2.45. The molecule has 0 aliphatic carbocycles. The van der Waals surface area contributed by atoms with E-state index in [1.54, 1.807) is 26.0 Å². The molecule has 0 saturated heterocycles. The summed E-state index contributed by atoms with van der Waals surface area (Å²) in [6.07, 6.45) is 1.49. The van der Waals surface area contributed by atoms with Gasteiger partial charge >= 0.3 is 0 Å². The molecule has 0 aliphatic heterocycles. The van der Waals surface area contributed by atoms with Gasteiger partial charge in [0.1, 0.15) is 22.0 Å². The van der Waals surface area contributed by atoms with E-state index in [2.05, 4.69) is 9.38 Å². The Hall–Kier alpha value is -1.04. The van der Waals surface area contributed by atoms with Crippen LogP contribution in [0.15, 0.2) is 33.5 Å². The van der Waals surface area contributed by atoms with Crippen LogP contribution in [0.1, 0.15) is 52.8 Å². The van der Waals surface area contributed by atoms with Gasteiger partial charge in [-0.15, -0.1) is 0 Å². The lowest BCUT2D eigenvalue weighted by Crippen LogP contribution is -2.20. The maximum absolute atomic E-state index is 13.1. The molecule has 0 bridgehead atoms. The van der Waals surface area contributed by atoms with E-state index in [9.17, 15) is 8.60 Å². The summed E-state index contributed by atoms with van der Waals surface area (Å²) < 4.78 is 29.1. The number of rotatable bonds is 4. The molecule has 7 heteroatoms. The number of hydrogen-bond acceptors (Lipinski definition) is 2. The van der Waals surface area contributed by atoms with E-state index in [1.165, 1.54) is 13.0 Å². The molecule has 0 radical (unpaired) electrons. The Morgan fingerprint density at radius 3 is 2.38 bits per heavy atom. The lowest BCUT2D eigenvalue weighted by atomic mass is 10.1. The second-order valence-corrected chi connectivity index (χ2v) is 9.01. The number of allylic oxidation sites excluding steroid dienone is 4. The van der Waals surface area contributed by atoms with Gasteiger partial charge in [-0.1, -0.05) is 23.2 Å². The third kappa shape index (κ3) is 6.11. The summed E-state index contributed by atoms with van der Waals surface area (Å²) in [5.41, 5.74) is 2.50. The molecule has 0 aromatic carbocycles. The monoisotopic (exact) mass is 390 g/mol. The van der Waals surface area contributed by atoms with Crippen molar-refractivity contribution >= 4 is 45.5 Å². The lowest BCUT2D eigenvalue weighted by molar-refractivity contribution is 0.638. The Bertz CT molecular complexity index is 745. The molecule has 0 amide bonds. The minimum absolute atomic E-state index is 0.00931. The number of hydrogen-bond donors (Lipinski definition) is 0. The van der Waals surface area contributed by atoms with Crippen molar-refractivity contribution in [1.82, 2.24) is 4.98 Å². The van der Waals surface area contributed by atoms with Crippen LogP contribution >= 0.6 is 23.2 Å². The minimum Gasteiger partial charge on any atom is -0.236 e. The highest BCUT2D eigenvalue weighted by atomic mass is 35.5. The van der Waals surface area contributed by atoms with E-state index < -0.39 is 21.6 Å². The third-order valence-corrected chi connectivity index (χ3v) is 5.08. The first-order valence-electron chi connectivity index (χ1n) is 7.27. The Balaban J connectivity index is 3.31. The second-order valence-electron chi connectivity index (χ2n) is 6.31. The largest absolute Gasteiger partial charge is 0.236 e. The number of aromatic nitrogens is 1. The first-order valence-corrected chi connectivity index (χ1v) is 9.14. The molecule has 1 unspecified atom stereocenters. The van der Waals surface area contributed by atoms with Crippen molar-refractivity contribution in [2.45, 2.75) is 46.3 Å². The Morgan fingerprint density at radius 1 is 1.29 bits per heavy atom. The predicted octanol–water partition coefficient (Wildman–Crippen LogP) is 5.85. The SMILES string of the molecule is CC(=CC(Cl)=C(C)F)c1cc(C(C)=NS(=O)C(C)(C)C)cc(Cl)n1. The van der Waals surface area contributed by atoms with Crippen LogP contribution in [0.2, 0.25) is 5.15 Å². The highest BCUT2D eigenvalue weighted by Gasteiger charge is 2.19. The summed E-state index contributed by atoms with van der Waals surface area (Å²) in [5.74, 6) is -0.475. The number of pyridine rings is 1. The zero-order valence-electron chi connectivity index (χ0n) is 14.6. The molecule has 24 heavy (non-hydrogen) atoms. The van der Waals surface area contributed by atoms with Gasteiger partial charge in [0.05, 0.1) is 21.2 Å². The van der Waals surface area contributed by atoms with Gasteiger partial charge in [0.25, 0.3) is 0 Å². The second kappa shape index (κ2) is 8.37. The van der Waals surface area contributed by atoms with Gasteiger partial charge in [-0.05, 0) is 65.3 Å². The van der Waals surface area contributed by atoms with Crippen LogP contribution in [0.25, 0.3) is 5.57 Å². The van der Waals surface area contributed by atoms with Crippen molar-refractivity contribution in [3.8, 4) is 0 Å². The maximum atomic E-state index is 13.1. The predicted molar refractivity (Wildman–Crippen MR) is 103 cm³/mol. The summed E-state index contributed by atoms with van der Waals surface area (Å²) in [4.78, 5) is 4.22. The summed E-state index contributed by atoms with van der Waals surface area (Å²) >= 11 is 11.9. The van der Waals surface area contributed by atoms with E-state index in [0.29, 0.717) is 22.5 Å². The molecule has 1 atom stereocenters. The van der Waals surface area contributed by atoms with Crippen molar-refractivity contribution in [3.05, 3.63) is 45.5 Å². The zero-order valence-corrected chi connectivity index (χ0v) is 16.9. The van der Waals surface area contributed by atoms with Gasteiger partial charge < -0.3 is 0 Å². The summed E-state index contributed by atoms with van der Waals surface area (Å²) in [7, 11) is -1.38. The molecule has 1 aromatic rings. The molecule has 0 spiro atoms. The smallest absolute Gasteiger partial charge is 0.145 e. The number of nitrogens with zero attached hydrogens (tertiary/aromatic N) is 2. The number of halogens is 3. The Morgan fingerprint density at radius 2 is 1.88 bits per heavy atom. The van der Waals surface area contributed by atoms with Gasteiger partial charge in [0.2, 0.25) is 0 Å². The lowest BCUT2D eigenvalue weighted by Gasteiger charge is -2.14. The first-order chi connectivity index (χ1) is 10.9. The summed E-state index contributed by atoms with van der Waals surface area (Å²) in [6.45, 7) is 10.4. The van der Waals surface area contributed by atoms with Crippen LogP contribution in [-0.2, 0) is 11.0 Å². The van der Waals surface area contributed by atoms with Gasteiger partial charge in [-0.3, -0.25) is 0 Å². The topological polar surface area (TPSA) is 42.3 Å². The van der Waals surface area contributed by atoms with Crippen molar-refractivity contribution < 1.29 is 8.60 Å². The zero-order chi connectivity index (χ0) is 18.7. The fourth-order valence-corrected chi connectivity index (χ4v) is 2.59. The van der Waals surface area contributed by atoms with Gasteiger partial charge in [0.15, 0.2) is 0 Å². The van der Waals surface area contributed by atoms with Crippen molar-refractivity contribution in [1.29, 1.82) is 0 Å².